The van der Waals surface area contributed by atoms with E-state index >= 15 is 0 Å². The summed E-state index contributed by atoms with van der Waals surface area (Å²) in [5, 5.41) is 14.0. The second-order valence-electron chi connectivity index (χ2n) is 7.47. The van der Waals surface area contributed by atoms with E-state index in [1.165, 1.54) is 4.57 Å². The molecule has 0 bridgehead atoms. The van der Waals surface area contributed by atoms with Gasteiger partial charge in [-0.3, -0.25) is 0 Å². The second-order valence-corrected chi connectivity index (χ2v) is 7.47. The zero-order chi connectivity index (χ0) is 23.6. The number of halogens is 5. The lowest BCUT2D eigenvalue weighted by Crippen LogP contribution is -2.34. The fourth-order valence-electron chi connectivity index (χ4n) is 3.50. The van der Waals surface area contributed by atoms with E-state index in [0.29, 0.717) is 12.2 Å². The molecule has 0 saturated carbocycles. The van der Waals surface area contributed by atoms with Crippen molar-refractivity contribution in [1.82, 2.24) is 30.2 Å². The zero-order valence-corrected chi connectivity index (χ0v) is 17.4. The minimum atomic E-state index is -5.70. The van der Waals surface area contributed by atoms with Gasteiger partial charge < -0.3 is 4.57 Å². The molecule has 0 aliphatic carbocycles. The number of rotatable bonds is 7. The smallest absolute Gasteiger partial charge is 0.330 e. The van der Waals surface area contributed by atoms with Gasteiger partial charge in [-0.15, -0.1) is 10.2 Å². The van der Waals surface area contributed by atoms with Crippen molar-refractivity contribution >= 4 is 0 Å². The largest absolute Gasteiger partial charge is 0.459 e. The summed E-state index contributed by atoms with van der Waals surface area (Å²) in [6, 6.07) is 14.8. The lowest BCUT2D eigenvalue weighted by Gasteiger charge is -2.16. The molecule has 0 aliphatic heterocycles. The van der Waals surface area contributed by atoms with Crippen molar-refractivity contribution in [3.05, 3.63) is 71.8 Å². The van der Waals surface area contributed by atoms with Crippen molar-refractivity contribution in [2.45, 2.75) is 38.4 Å². The third kappa shape index (κ3) is 4.48. The van der Waals surface area contributed by atoms with E-state index in [2.05, 4.69) is 25.6 Å². The lowest BCUT2D eigenvalue weighted by atomic mass is 9.98. The van der Waals surface area contributed by atoms with Crippen LogP contribution in [0.15, 0.2) is 54.7 Å². The normalized spacial score (nSPS) is 12.3. The molecule has 0 atom stereocenters. The Labute approximate surface area is 185 Å². The van der Waals surface area contributed by atoms with E-state index < -0.39 is 17.8 Å². The van der Waals surface area contributed by atoms with E-state index in [1.807, 2.05) is 36.4 Å². The van der Waals surface area contributed by atoms with E-state index in [9.17, 15) is 22.0 Å². The Morgan fingerprint density at radius 3 is 2.24 bits per heavy atom. The summed E-state index contributed by atoms with van der Waals surface area (Å²) in [6.07, 6.45) is -4.08. The molecule has 6 nitrogen and oxygen atoms in total. The number of hydrogen-bond acceptors (Lipinski definition) is 4. The van der Waals surface area contributed by atoms with Crippen LogP contribution in [0.2, 0.25) is 0 Å². The van der Waals surface area contributed by atoms with Crippen LogP contribution < -0.4 is 0 Å². The topological polar surface area (TPSA) is 72.3 Å². The number of benzene rings is 2. The Hall–Kier alpha value is -3.63. The average Bonchev–Trinajstić information content (AvgIpc) is 3.45. The van der Waals surface area contributed by atoms with Crippen LogP contribution in [0, 0.1) is 0 Å². The Morgan fingerprint density at radius 2 is 1.64 bits per heavy atom. The van der Waals surface area contributed by atoms with Gasteiger partial charge in [-0.2, -0.15) is 27.2 Å². The number of tetrazole rings is 1. The van der Waals surface area contributed by atoms with Crippen molar-refractivity contribution in [2.24, 2.45) is 0 Å². The average molecular weight is 462 g/mol. The number of nitrogens with zero attached hydrogens (tertiary/aromatic N) is 5. The molecule has 11 heteroatoms. The van der Waals surface area contributed by atoms with Crippen LogP contribution in [-0.2, 0) is 18.9 Å². The molecule has 0 fully saturated rings. The molecule has 0 amide bonds. The number of imidazole rings is 1. The molecule has 33 heavy (non-hydrogen) atoms. The summed E-state index contributed by atoms with van der Waals surface area (Å²) in [4.78, 5) is 3.61. The van der Waals surface area contributed by atoms with Crippen molar-refractivity contribution in [3.8, 4) is 22.5 Å². The van der Waals surface area contributed by atoms with Gasteiger partial charge in [0.25, 0.3) is 0 Å². The van der Waals surface area contributed by atoms with Crippen molar-refractivity contribution in [1.29, 1.82) is 0 Å². The van der Waals surface area contributed by atoms with Crippen LogP contribution in [0.5, 0.6) is 0 Å². The van der Waals surface area contributed by atoms with Crippen LogP contribution in [-0.4, -0.2) is 36.4 Å². The monoisotopic (exact) mass is 462 g/mol. The first kappa shape index (κ1) is 22.6. The fourth-order valence-corrected chi connectivity index (χ4v) is 3.50. The molecular weight excluding hydrogens is 443 g/mol. The number of alkyl halides is 5. The van der Waals surface area contributed by atoms with Crippen LogP contribution in [0.3, 0.4) is 0 Å². The first-order valence-corrected chi connectivity index (χ1v) is 10.1. The number of hydrogen-bond donors (Lipinski definition) is 1. The highest BCUT2D eigenvalue weighted by Gasteiger charge is 2.60. The molecule has 2 aromatic carbocycles. The minimum Gasteiger partial charge on any atom is -0.330 e. The minimum absolute atomic E-state index is 0.114. The Kier molecular flexibility index (Phi) is 5.96. The summed E-state index contributed by atoms with van der Waals surface area (Å²) in [5.74, 6) is -4.39. The predicted octanol–water partition coefficient (Wildman–Crippen LogP) is 5.39. The van der Waals surface area contributed by atoms with Gasteiger partial charge in [0.1, 0.15) is 11.5 Å². The van der Waals surface area contributed by atoms with Crippen LogP contribution >= 0.6 is 0 Å². The first-order chi connectivity index (χ1) is 15.7. The lowest BCUT2D eigenvalue weighted by molar-refractivity contribution is -0.290. The van der Waals surface area contributed by atoms with Crippen LogP contribution in [0.1, 0.15) is 30.4 Å². The summed E-state index contributed by atoms with van der Waals surface area (Å²) >= 11 is 0. The molecule has 4 aromatic rings. The van der Waals surface area contributed by atoms with Gasteiger partial charge in [0.15, 0.2) is 0 Å². The second kappa shape index (κ2) is 8.72. The van der Waals surface area contributed by atoms with Gasteiger partial charge in [-0.1, -0.05) is 55.5 Å². The standard InChI is InChI=1S/C22H19F5N6/c1-2-5-19-28-18(21(23,24)22(25,26)27)13-33(19)12-14-8-10-15(11-9-14)16-6-3-4-7-17(16)20-29-31-32-30-20/h3-4,6-11,13H,2,5,12H2,1H3,(H,29,30,31,32). The summed E-state index contributed by atoms with van der Waals surface area (Å²) in [5.41, 5.74) is 1.95. The molecule has 0 radical (unpaired) electrons. The van der Waals surface area contributed by atoms with Crippen LogP contribution in [0.25, 0.3) is 22.5 Å². The number of H-pyrrole nitrogens is 1. The molecule has 0 unspecified atom stereocenters. The molecule has 0 spiro atoms. The molecule has 0 saturated heterocycles. The van der Waals surface area contributed by atoms with Gasteiger partial charge >= 0.3 is 12.1 Å². The Morgan fingerprint density at radius 1 is 0.939 bits per heavy atom. The maximum Gasteiger partial charge on any atom is 0.459 e. The number of aryl methyl sites for hydroxylation is 1. The number of aromatic amines is 1. The maximum absolute atomic E-state index is 13.8. The fraction of sp³-hybridized carbons (Fsp3) is 0.273. The zero-order valence-electron chi connectivity index (χ0n) is 17.4. The van der Waals surface area contributed by atoms with E-state index in [4.69, 9.17) is 0 Å². The van der Waals surface area contributed by atoms with Crippen molar-refractivity contribution < 1.29 is 22.0 Å². The summed E-state index contributed by atoms with van der Waals surface area (Å²) in [6.45, 7) is 1.92. The first-order valence-electron chi connectivity index (χ1n) is 10.1. The van der Waals surface area contributed by atoms with Gasteiger partial charge in [0.05, 0.1) is 0 Å². The predicted molar refractivity (Wildman–Crippen MR) is 110 cm³/mol. The summed E-state index contributed by atoms with van der Waals surface area (Å²) < 4.78 is 67.4. The van der Waals surface area contributed by atoms with E-state index in [1.54, 1.807) is 19.1 Å². The highest BCUT2D eigenvalue weighted by molar-refractivity contribution is 5.80. The van der Waals surface area contributed by atoms with E-state index in [-0.39, 0.29) is 18.8 Å². The number of aromatic nitrogens is 6. The van der Waals surface area contributed by atoms with E-state index in [0.717, 1.165) is 28.5 Å². The Bertz CT molecular complexity index is 1210. The summed E-state index contributed by atoms with van der Waals surface area (Å²) in [7, 11) is 0. The molecule has 0 aliphatic rings. The highest BCUT2D eigenvalue weighted by atomic mass is 19.4. The van der Waals surface area contributed by atoms with Crippen molar-refractivity contribution in [3.63, 3.8) is 0 Å². The molecule has 4 rings (SSSR count). The highest BCUT2D eigenvalue weighted by Crippen LogP contribution is 2.43. The molecule has 2 aromatic heterocycles. The molecule has 1 N–H and O–H groups in total. The van der Waals surface area contributed by atoms with Gasteiger partial charge in [0, 0.05) is 24.7 Å². The Balaban J connectivity index is 1.62. The third-order valence-corrected chi connectivity index (χ3v) is 5.14. The van der Waals surface area contributed by atoms with Gasteiger partial charge in [-0.05, 0) is 28.3 Å². The molecule has 172 valence electrons. The number of nitrogens with one attached hydrogen (secondary N) is 1. The van der Waals surface area contributed by atoms with Crippen LogP contribution in [0.4, 0.5) is 22.0 Å². The maximum atomic E-state index is 13.8. The quantitative estimate of drug-likeness (QED) is 0.374. The molecular formula is C22H19F5N6. The van der Waals surface area contributed by atoms with Gasteiger partial charge in [0.2, 0.25) is 5.82 Å². The SMILES string of the molecule is CCCc1nc(C(F)(F)C(F)(F)F)cn1Cc1ccc(-c2ccccc2-c2nn[nH]n2)cc1. The van der Waals surface area contributed by atoms with Gasteiger partial charge in [-0.25, -0.2) is 4.98 Å². The third-order valence-electron chi connectivity index (χ3n) is 5.14. The molecule has 2 heterocycles. The van der Waals surface area contributed by atoms with Crippen molar-refractivity contribution in [2.75, 3.05) is 0 Å².